The molecule has 1 rings (SSSR count). The van der Waals surface area contributed by atoms with Crippen molar-refractivity contribution in [2.45, 2.75) is 20.4 Å². The van der Waals surface area contributed by atoms with Gasteiger partial charge in [-0.25, -0.2) is 0 Å². The van der Waals surface area contributed by atoms with Crippen LogP contribution in [0, 0.1) is 5.92 Å². The lowest BCUT2D eigenvalue weighted by Gasteiger charge is -2.12. The topological polar surface area (TPSA) is 36.4 Å². The van der Waals surface area contributed by atoms with Crippen LogP contribution in [-0.4, -0.2) is 19.6 Å². The van der Waals surface area contributed by atoms with E-state index in [1.807, 2.05) is 0 Å². The minimum absolute atomic E-state index is 0. The van der Waals surface area contributed by atoms with Crippen LogP contribution in [0.4, 0.5) is 0 Å². The molecule has 16 heavy (non-hydrogen) atoms. The highest BCUT2D eigenvalue weighted by atomic mass is 127. The van der Waals surface area contributed by atoms with Crippen molar-refractivity contribution in [1.82, 2.24) is 10.6 Å². The first-order chi connectivity index (χ1) is 7.22. The minimum Gasteiger partial charge on any atom is -0.356 e. The van der Waals surface area contributed by atoms with Crippen molar-refractivity contribution < 1.29 is 0 Å². The quantitative estimate of drug-likeness (QED) is 0.496. The van der Waals surface area contributed by atoms with Crippen LogP contribution >= 0.6 is 35.3 Å². The summed E-state index contributed by atoms with van der Waals surface area (Å²) in [7, 11) is 1.79. The third kappa shape index (κ3) is 6.32. The lowest BCUT2D eigenvalue weighted by atomic mass is 10.2. The summed E-state index contributed by atoms with van der Waals surface area (Å²) < 4.78 is 0. The summed E-state index contributed by atoms with van der Waals surface area (Å²) in [6, 6.07) is 2.12. The molecular formula is C11H20IN3S. The fraction of sp³-hybridized carbons (Fsp3) is 0.545. The van der Waals surface area contributed by atoms with Crippen LogP contribution in [0.1, 0.15) is 19.4 Å². The zero-order chi connectivity index (χ0) is 11.1. The third-order valence-corrected chi connectivity index (χ3v) is 2.67. The Labute approximate surface area is 119 Å². The fourth-order valence-corrected chi connectivity index (χ4v) is 1.77. The van der Waals surface area contributed by atoms with Gasteiger partial charge in [0.25, 0.3) is 0 Å². The number of rotatable bonds is 4. The molecule has 0 unspecified atom stereocenters. The largest absolute Gasteiger partial charge is 0.356 e. The second-order valence-corrected chi connectivity index (χ2v) is 4.61. The smallest absolute Gasteiger partial charge is 0.191 e. The Hall–Kier alpha value is -0.300. The van der Waals surface area contributed by atoms with Crippen LogP contribution < -0.4 is 10.6 Å². The first kappa shape index (κ1) is 15.7. The summed E-state index contributed by atoms with van der Waals surface area (Å²) in [6.07, 6.45) is 0. The van der Waals surface area contributed by atoms with E-state index in [0.29, 0.717) is 5.92 Å². The molecule has 0 amide bonds. The first-order valence-electron chi connectivity index (χ1n) is 5.18. The molecule has 1 aromatic rings. The summed E-state index contributed by atoms with van der Waals surface area (Å²) in [6.45, 7) is 6.14. The number of hydrogen-bond acceptors (Lipinski definition) is 2. The Balaban J connectivity index is 0.00000225. The molecule has 0 radical (unpaired) electrons. The summed E-state index contributed by atoms with van der Waals surface area (Å²) in [5.74, 6) is 1.50. The van der Waals surface area contributed by atoms with Crippen molar-refractivity contribution in [3.05, 3.63) is 22.4 Å². The average molecular weight is 353 g/mol. The molecule has 0 atom stereocenters. The van der Waals surface area contributed by atoms with Crippen molar-refractivity contribution in [1.29, 1.82) is 0 Å². The Morgan fingerprint density at radius 2 is 2.19 bits per heavy atom. The van der Waals surface area contributed by atoms with Crippen molar-refractivity contribution in [2.24, 2.45) is 10.9 Å². The van der Waals surface area contributed by atoms with Crippen LogP contribution in [0.5, 0.6) is 0 Å². The first-order valence-corrected chi connectivity index (χ1v) is 6.12. The normalized spacial score (nSPS) is 11.1. The molecule has 0 aliphatic rings. The van der Waals surface area contributed by atoms with Gasteiger partial charge in [0.15, 0.2) is 5.96 Å². The number of guanidine groups is 1. The van der Waals surface area contributed by atoms with Gasteiger partial charge in [-0.3, -0.25) is 4.99 Å². The molecule has 0 saturated heterocycles. The van der Waals surface area contributed by atoms with Crippen molar-refractivity contribution in [2.75, 3.05) is 13.6 Å². The zero-order valence-corrected chi connectivity index (χ0v) is 13.1. The maximum absolute atomic E-state index is 4.16. The molecule has 92 valence electrons. The molecule has 0 spiro atoms. The van der Waals surface area contributed by atoms with E-state index >= 15 is 0 Å². The number of halogens is 1. The zero-order valence-electron chi connectivity index (χ0n) is 9.99. The van der Waals surface area contributed by atoms with E-state index in [1.54, 1.807) is 18.4 Å². The number of nitrogens with one attached hydrogen (secondary N) is 2. The Bertz CT molecular complexity index is 296. The molecule has 1 heterocycles. The van der Waals surface area contributed by atoms with E-state index in [4.69, 9.17) is 0 Å². The molecule has 0 aliphatic carbocycles. The lowest BCUT2D eigenvalue weighted by molar-refractivity contribution is 0.614. The molecule has 2 N–H and O–H groups in total. The molecule has 0 bridgehead atoms. The molecule has 5 heteroatoms. The Morgan fingerprint density at radius 3 is 2.69 bits per heavy atom. The Morgan fingerprint density at radius 1 is 1.44 bits per heavy atom. The molecule has 1 aromatic heterocycles. The lowest BCUT2D eigenvalue weighted by Crippen LogP contribution is -2.38. The monoisotopic (exact) mass is 353 g/mol. The van der Waals surface area contributed by atoms with Gasteiger partial charge in [0.05, 0.1) is 0 Å². The van der Waals surface area contributed by atoms with Gasteiger partial charge in [0.2, 0.25) is 0 Å². The van der Waals surface area contributed by atoms with Crippen molar-refractivity contribution >= 4 is 41.3 Å². The molecule has 0 saturated carbocycles. The Kier molecular flexibility index (Phi) is 8.64. The van der Waals surface area contributed by atoms with Gasteiger partial charge in [0, 0.05) is 20.1 Å². The second-order valence-electron chi connectivity index (χ2n) is 3.83. The van der Waals surface area contributed by atoms with Crippen LogP contribution in [0.15, 0.2) is 21.8 Å². The van der Waals surface area contributed by atoms with Gasteiger partial charge in [-0.15, -0.1) is 24.0 Å². The third-order valence-electron chi connectivity index (χ3n) is 1.94. The molecule has 0 aliphatic heterocycles. The predicted octanol–water partition coefficient (Wildman–Crippen LogP) is 2.69. The van der Waals surface area contributed by atoms with Gasteiger partial charge in [-0.2, -0.15) is 11.3 Å². The summed E-state index contributed by atoms with van der Waals surface area (Å²) >= 11 is 1.72. The van der Waals surface area contributed by atoms with Crippen LogP contribution in [0.2, 0.25) is 0 Å². The fourth-order valence-electron chi connectivity index (χ4n) is 1.10. The number of aliphatic imine (C=N–C) groups is 1. The SMILES string of the molecule is CN=C(NCc1ccsc1)NCC(C)C.I. The highest BCUT2D eigenvalue weighted by molar-refractivity contribution is 14.0. The van der Waals surface area contributed by atoms with E-state index in [2.05, 4.69) is 46.3 Å². The maximum atomic E-state index is 4.16. The summed E-state index contributed by atoms with van der Waals surface area (Å²) in [4.78, 5) is 4.16. The van der Waals surface area contributed by atoms with Crippen molar-refractivity contribution in [3.63, 3.8) is 0 Å². The van der Waals surface area contributed by atoms with Crippen LogP contribution in [0.3, 0.4) is 0 Å². The van der Waals surface area contributed by atoms with Gasteiger partial charge in [-0.05, 0) is 28.3 Å². The molecule has 0 fully saturated rings. The van der Waals surface area contributed by atoms with E-state index in [0.717, 1.165) is 19.0 Å². The molecule has 3 nitrogen and oxygen atoms in total. The van der Waals surface area contributed by atoms with Crippen LogP contribution in [0.25, 0.3) is 0 Å². The predicted molar refractivity (Wildman–Crippen MR) is 82.8 cm³/mol. The second kappa shape index (κ2) is 8.81. The number of nitrogens with zero attached hydrogens (tertiary/aromatic N) is 1. The van der Waals surface area contributed by atoms with Gasteiger partial charge in [0.1, 0.15) is 0 Å². The molecule has 0 aromatic carbocycles. The number of hydrogen-bond donors (Lipinski definition) is 2. The number of thiophene rings is 1. The van der Waals surface area contributed by atoms with E-state index in [1.165, 1.54) is 5.56 Å². The maximum Gasteiger partial charge on any atom is 0.191 e. The highest BCUT2D eigenvalue weighted by Gasteiger charge is 1.99. The van der Waals surface area contributed by atoms with Gasteiger partial charge in [-0.1, -0.05) is 13.8 Å². The molecular weight excluding hydrogens is 333 g/mol. The van der Waals surface area contributed by atoms with Crippen LogP contribution in [-0.2, 0) is 6.54 Å². The summed E-state index contributed by atoms with van der Waals surface area (Å²) in [5, 5.41) is 10.8. The van der Waals surface area contributed by atoms with E-state index in [-0.39, 0.29) is 24.0 Å². The average Bonchev–Trinajstić information content (AvgIpc) is 2.70. The summed E-state index contributed by atoms with van der Waals surface area (Å²) in [5.41, 5.74) is 1.30. The van der Waals surface area contributed by atoms with E-state index < -0.39 is 0 Å². The van der Waals surface area contributed by atoms with E-state index in [9.17, 15) is 0 Å². The standard InChI is InChI=1S/C11H19N3S.HI/c1-9(2)6-13-11(12-3)14-7-10-4-5-15-8-10;/h4-5,8-9H,6-7H2,1-3H3,(H2,12,13,14);1H. The minimum atomic E-state index is 0. The van der Waals surface area contributed by atoms with Gasteiger partial charge < -0.3 is 10.6 Å². The van der Waals surface area contributed by atoms with Crippen molar-refractivity contribution in [3.8, 4) is 0 Å². The van der Waals surface area contributed by atoms with Gasteiger partial charge >= 0.3 is 0 Å². The highest BCUT2D eigenvalue weighted by Crippen LogP contribution is 2.04.